The number of hydrogen-bond donors (Lipinski definition) is 2. The molecule has 0 aromatic carbocycles. The lowest BCUT2D eigenvalue weighted by Gasteiger charge is -2.19. The first kappa shape index (κ1) is 15.9. The van der Waals surface area contributed by atoms with Crippen LogP contribution in [-0.4, -0.2) is 46.5 Å². The standard InChI is InChI=1S/C12H27N3O2S/c1-11-5-6-12(9-11)10-14-18(16,17)15(3)8-4-7-13-2/h11-14H,4-10H2,1-3H3. The quantitative estimate of drug-likeness (QED) is 0.645. The van der Waals surface area contributed by atoms with Crippen molar-refractivity contribution in [2.45, 2.75) is 32.6 Å². The van der Waals surface area contributed by atoms with E-state index in [9.17, 15) is 8.42 Å². The van der Waals surface area contributed by atoms with E-state index in [2.05, 4.69) is 17.0 Å². The lowest BCUT2D eigenvalue weighted by Crippen LogP contribution is -2.41. The fourth-order valence-electron chi connectivity index (χ4n) is 2.44. The molecular weight excluding hydrogens is 250 g/mol. The molecule has 2 N–H and O–H groups in total. The largest absolute Gasteiger partial charge is 0.320 e. The van der Waals surface area contributed by atoms with Gasteiger partial charge in [-0.2, -0.15) is 12.7 Å². The van der Waals surface area contributed by atoms with Gasteiger partial charge in [-0.15, -0.1) is 0 Å². The zero-order valence-electron chi connectivity index (χ0n) is 11.8. The predicted molar refractivity (Wildman–Crippen MR) is 74.6 cm³/mol. The minimum Gasteiger partial charge on any atom is -0.320 e. The highest BCUT2D eigenvalue weighted by molar-refractivity contribution is 7.87. The maximum atomic E-state index is 12.0. The molecule has 6 heteroatoms. The average molecular weight is 277 g/mol. The summed E-state index contributed by atoms with van der Waals surface area (Å²) in [6.07, 6.45) is 4.35. The van der Waals surface area contributed by atoms with Crippen LogP contribution in [0.4, 0.5) is 0 Å². The van der Waals surface area contributed by atoms with Gasteiger partial charge in [0.2, 0.25) is 0 Å². The summed E-state index contributed by atoms with van der Waals surface area (Å²) < 4.78 is 28.0. The van der Waals surface area contributed by atoms with Crippen molar-refractivity contribution in [3.05, 3.63) is 0 Å². The van der Waals surface area contributed by atoms with Gasteiger partial charge >= 0.3 is 0 Å². The third kappa shape index (κ3) is 5.22. The highest BCUT2D eigenvalue weighted by Crippen LogP contribution is 2.29. The Morgan fingerprint density at radius 2 is 2.06 bits per heavy atom. The molecule has 0 radical (unpaired) electrons. The Bertz CT molecular complexity index is 332. The van der Waals surface area contributed by atoms with Gasteiger partial charge < -0.3 is 5.32 Å². The van der Waals surface area contributed by atoms with Crippen molar-refractivity contribution in [1.82, 2.24) is 14.3 Å². The Hall–Kier alpha value is -0.170. The third-order valence-electron chi connectivity index (χ3n) is 3.67. The van der Waals surface area contributed by atoms with Gasteiger partial charge in [0, 0.05) is 20.1 Å². The molecule has 0 aromatic rings. The second-order valence-corrected chi connectivity index (χ2v) is 7.28. The van der Waals surface area contributed by atoms with Crippen LogP contribution in [0.25, 0.3) is 0 Å². The summed E-state index contributed by atoms with van der Waals surface area (Å²) >= 11 is 0. The zero-order chi connectivity index (χ0) is 13.6. The van der Waals surface area contributed by atoms with E-state index in [0.717, 1.165) is 31.7 Å². The second-order valence-electron chi connectivity index (χ2n) is 5.42. The molecule has 1 rings (SSSR count). The topological polar surface area (TPSA) is 61.4 Å². The van der Waals surface area contributed by atoms with Crippen LogP contribution in [0, 0.1) is 11.8 Å². The van der Waals surface area contributed by atoms with E-state index >= 15 is 0 Å². The third-order valence-corrected chi connectivity index (χ3v) is 5.20. The van der Waals surface area contributed by atoms with Crippen molar-refractivity contribution >= 4 is 10.2 Å². The zero-order valence-corrected chi connectivity index (χ0v) is 12.6. The fourth-order valence-corrected chi connectivity index (χ4v) is 3.48. The number of nitrogens with zero attached hydrogens (tertiary/aromatic N) is 1. The maximum Gasteiger partial charge on any atom is 0.279 e. The highest BCUT2D eigenvalue weighted by Gasteiger charge is 2.24. The molecule has 5 nitrogen and oxygen atoms in total. The summed E-state index contributed by atoms with van der Waals surface area (Å²) in [5.41, 5.74) is 0. The Kier molecular flexibility index (Phi) is 6.55. The SMILES string of the molecule is CNCCCN(C)S(=O)(=O)NCC1CCC(C)C1. The predicted octanol–water partition coefficient (Wildman–Crippen LogP) is 0.798. The van der Waals surface area contributed by atoms with E-state index in [1.54, 1.807) is 7.05 Å². The molecule has 0 bridgehead atoms. The summed E-state index contributed by atoms with van der Waals surface area (Å²) in [6.45, 7) is 4.21. The lowest BCUT2D eigenvalue weighted by atomic mass is 10.1. The van der Waals surface area contributed by atoms with Gasteiger partial charge in [0.15, 0.2) is 0 Å². The molecule has 1 aliphatic carbocycles. The van der Waals surface area contributed by atoms with Gasteiger partial charge in [-0.25, -0.2) is 4.72 Å². The first-order valence-electron chi connectivity index (χ1n) is 6.81. The molecule has 0 saturated heterocycles. The molecule has 1 saturated carbocycles. The Balaban J connectivity index is 2.30. The van der Waals surface area contributed by atoms with E-state index in [1.807, 2.05) is 7.05 Å². The number of hydrogen-bond acceptors (Lipinski definition) is 3. The fraction of sp³-hybridized carbons (Fsp3) is 1.00. The average Bonchev–Trinajstić information content (AvgIpc) is 2.73. The van der Waals surface area contributed by atoms with Crippen molar-refractivity contribution in [2.75, 3.05) is 33.7 Å². The molecule has 1 fully saturated rings. The molecular formula is C12H27N3O2S. The summed E-state index contributed by atoms with van der Waals surface area (Å²) in [5.74, 6) is 1.26. The van der Waals surface area contributed by atoms with E-state index in [1.165, 1.54) is 10.7 Å². The van der Waals surface area contributed by atoms with Crippen molar-refractivity contribution in [1.29, 1.82) is 0 Å². The van der Waals surface area contributed by atoms with Crippen molar-refractivity contribution < 1.29 is 8.42 Å². The van der Waals surface area contributed by atoms with Crippen LogP contribution in [-0.2, 0) is 10.2 Å². The molecule has 0 spiro atoms. The van der Waals surface area contributed by atoms with Gasteiger partial charge in [-0.05, 0) is 44.7 Å². The van der Waals surface area contributed by atoms with Crippen molar-refractivity contribution in [3.8, 4) is 0 Å². The van der Waals surface area contributed by atoms with Gasteiger partial charge in [-0.1, -0.05) is 13.3 Å². The van der Waals surface area contributed by atoms with E-state index < -0.39 is 10.2 Å². The lowest BCUT2D eigenvalue weighted by molar-refractivity contribution is 0.434. The van der Waals surface area contributed by atoms with Gasteiger partial charge in [0.1, 0.15) is 0 Å². The highest BCUT2D eigenvalue weighted by atomic mass is 32.2. The number of rotatable bonds is 8. The van der Waals surface area contributed by atoms with E-state index in [-0.39, 0.29) is 0 Å². The van der Waals surface area contributed by atoms with Crippen LogP contribution < -0.4 is 10.0 Å². The van der Waals surface area contributed by atoms with Crippen molar-refractivity contribution in [3.63, 3.8) is 0 Å². The molecule has 0 aliphatic heterocycles. The molecule has 2 unspecified atom stereocenters. The van der Waals surface area contributed by atoms with Gasteiger partial charge in [0.25, 0.3) is 10.2 Å². The molecule has 18 heavy (non-hydrogen) atoms. The smallest absolute Gasteiger partial charge is 0.279 e. The summed E-state index contributed by atoms with van der Waals surface area (Å²) in [5, 5.41) is 3.01. The van der Waals surface area contributed by atoms with Crippen LogP contribution in [0.15, 0.2) is 0 Å². The normalized spacial score (nSPS) is 24.9. The van der Waals surface area contributed by atoms with Crippen LogP contribution >= 0.6 is 0 Å². The summed E-state index contributed by atoms with van der Waals surface area (Å²) in [4.78, 5) is 0. The van der Waals surface area contributed by atoms with Crippen LogP contribution in [0.1, 0.15) is 32.6 Å². The molecule has 1 aliphatic rings. The van der Waals surface area contributed by atoms with Crippen LogP contribution in [0.2, 0.25) is 0 Å². The molecule has 108 valence electrons. The van der Waals surface area contributed by atoms with E-state index in [4.69, 9.17) is 0 Å². The minimum atomic E-state index is -3.29. The first-order chi connectivity index (χ1) is 8.45. The maximum absolute atomic E-state index is 12.0. The Morgan fingerprint density at radius 3 is 2.61 bits per heavy atom. The van der Waals surface area contributed by atoms with Crippen LogP contribution in [0.5, 0.6) is 0 Å². The van der Waals surface area contributed by atoms with Crippen LogP contribution in [0.3, 0.4) is 0 Å². The monoisotopic (exact) mass is 277 g/mol. The summed E-state index contributed by atoms with van der Waals surface area (Å²) in [6, 6.07) is 0. The van der Waals surface area contributed by atoms with Gasteiger partial charge in [0.05, 0.1) is 0 Å². The second kappa shape index (κ2) is 7.43. The Labute approximate surface area is 112 Å². The summed E-state index contributed by atoms with van der Waals surface area (Å²) in [7, 11) is 0.213. The van der Waals surface area contributed by atoms with E-state index in [0.29, 0.717) is 19.0 Å². The number of nitrogens with one attached hydrogen (secondary N) is 2. The molecule has 0 heterocycles. The minimum absolute atomic E-state index is 0.514. The Morgan fingerprint density at radius 1 is 1.33 bits per heavy atom. The first-order valence-corrected chi connectivity index (χ1v) is 8.25. The van der Waals surface area contributed by atoms with Crippen molar-refractivity contribution in [2.24, 2.45) is 11.8 Å². The molecule has 0 aromatic heterocycles. The molecule has 0 amide bonds. The molecule has 2 atom stereocenters. The van der Waals surface area contributed by atoms with Gasteiger partial charge in [-0.3, -0.25) is 0 Å².